The van der Waals surface area contributed by atoms with Gasteiger partial charge in [0.1, 0.15) is 0 Å². The van der Waals surface area contributed by atoms with Crippen LogP contribution in [0, 0.1) is 6.92 Å². The van der Waals surface area contributed by atoms with Gasteiger partial charge in [-0.1, -0.05) is 6.92 Å². The number of aryl methyl sites for hydroxylation is 1. The van der Waals surface area contributed by atoms with Crippen LogP contribution >= 0.6 is 0 Å². The van der Waals surface area contributed by atoms with Gasteiger partial charge >= 0.3 is 0 Å². The third-order valence-corrected chi connectivity index (χ3v) is 3.43. The standard InChI is InChI=1S/C13H21N3/c1-3-16-8-5-12(6-9-16)15-13-10-14-7-4-11(13)2/h4,7,10,12,15H,3,5-6,8-9H2,1-2H3. The third kappa shape index (κ3) is 2.73. The zero-order valence-electron chi connectivity index (χ0n) is 10.2. The minimum atomic E-state index is 0.616. The van der Waals surface area contributed by atoms with Crippen molar-refractivity contribution in [3.8, 4) is 0 Å². The Balaban J connectivity index is 1.89. The van der Waals surface area contributed by atoms with Crippen molar-refractivity contribution in [2.75, 3.05) is 25.0 Å². The van der Waals surface area contributed by atoms with Crippen molar-refractivity contribution in [1.82, 2.24) is 9.88 Å². The normalized spacial score (nSPS) is 18.6. The van der Waals surface area contributed by atoms with Gasteiger partial charge in [-0.05, 0) is 37.9 Å². The average Bonchev–Trinajstić information content (AvgIpc) is 2.33. The van der Waals surface area contributed by atoms with E-state index in [1.165, 1.54) is 43.7 Å². The van der Waals surface area contributed by atoms with E-state index in [9.17, 15) is 0 Å². The summed E-state index contributed by atoms with van der Waals surface area (Å²) in [5.74, 6) is 0. The molecule has 88 valence electrons. The molecule has 0 saturated carbocycles. The second-order valence-electron chi connectivity index (χ2n) is 4.54. The van der Waals surface area contributed by atoms with E-state index in [0.29, 0.717) is 6.04 Å². The van der Waals surface area contributed by atoms with Crippen molar-refractivity contribution in [2.45, 2.75) is 32.7 Å². The summed E-state index contributed by atoms with van der Waals surface area (Å²) in [6.07, 6.45) is 6.26. The largest absolute Gasteiger partial charge is 0.381 e. The van der Waals surface area contributed by atoms with Crippen LogP contribution in [0.5, 0.6) is 0 Å². The van der Waals surface area contributed by atoms with E-state index in [2.05, 4.69) is 35.1 Å². The molecule has 0 radical (unpaired) electrons. The Morgan fingerprint density at radius 3 is 2.81 bits per heavy atom. The number of rotatable bonds is 3. The molecule has 0 aliphatic carbocycles. The monoisotopic (exact) mass is 219 g/mol. The second kappa shape index (κ2) is 5.30. The number of pyridine rings is 1. The average molecular weight is 219 g/mol. The molecule has 2 rings (SSSR count). The summed E-state index contributed by atoms with van der Waals surface area (Å²) < 4.78 is 0. The van der Waals surface area contributed by atoms with E-state index < -0.39 is 0 Å². The highest BCUT2D eigenvalue weighted by Gasteiger charge is 2.17. The number of hydrogen-bond donors (Lipinski definition) is 1. The van der Waals surface area contributed by atoms with Gasteiger partial charge in [0.25, 0.3) is 0 Å². The van der Waals surface area contributed by atoms with Crippen LogP contribution < -0.4 is 5.32 Å². The van der Waals surface area contributed by atoms with Crippen molar-refractivity contribution in [2.24, 2.45) is 0 Å². The Bertz CT molecular complexity index is 330. The van der Waals surface area contributed by atoms with Gasteiger partial charge in [-0.25, -0.2) is 0 Å². The molecule has 3 heteroatoms. The summed E-state index contributed by atoms with van der Waals surface area (Å²) in [7, 11) is 0. The number of hydrogen-bond acceptors (Lipinski definition) is 3. The van der Waals surface area contributed by atoms with Gasteiger partial charge in [0, 0.05) is 25.3 Å². The maximum atomic E-state index is 4.17. The summed E-state index contributed by atoms with van der Waals surface area (Å²) in [4.78, 5) is 6.68. The van der Waals surface area contributed by atoms with Gasteiger partial charge < -0.3 is 10.2 Å². The van der Waals surface area contributed by atoms with E-state index in [1.807, 2.05) is 12.4 Å². The number of aromatic nitrogens is 1. The fourth-order valence-electron chi connectivity index (χ4n) is 2.23. The minimum absolute atomic E-state index is 0.616. The van der Waals surface area contributed by atoms with E-state index in [-0.39, 0.29) is 0 Å². The first-order valence-electron chi connectivity index (χ1n) is 6.19. The topological polar surface area (TPSA) is 28.2 Å². The maximum Gasteiger partial charge on any atom is 0.0558 e. The zero-order chi connectivity index (χ0) is 11.4. The van der Waals surface area contributed by atoms with Crippen molar-refractivity contribution < 1.29 is 0 Å². The summed E-state index contributed by atoms with van der Waals surface area (Å²) in [6, 6.07) is 2.68. The van der Waals surface area contributed by atoms with E-state index in [1.54, 1.807) is 0 Å². The minimum Gasteiger partial charge on any atom is -0.381 e. The Hall–Kier alpha value is -1.09. The molecule has 1 aliphatic heterocycles. The first-order valence-corrected chi connectivity index (χ1v) is 6.19. The fourth-order valence-corrected chi connectivity index (χ4v) is 2.23. The highest BCUT2D eigenvalue weighted by Crippen LogP contribution is 2.18. The van der Waals surface area contributed by atoms with Crippen LogP contribution in [0.25, 0.3) is 0 Å². The lowest BCUT2D eigenvalue weighted by Crippen LogP contribution is -2.38. The predicted octanol–water partition coefficient (Wildman–Crippen LogP) is 2.29. The molecule has 0 atom stereocenters. The molecule has 1 aromatic rings. The lowest BCUT2D eigenvalue weighted by molar-refractivity contribution is 0.229. The maximum absolute atomic E-state index is 4.17. The van der Waals surface area contributed by atoms with Crippen LogP contribution in [-0.2, 0) is 0 Å². The molecule has 0 aromatic carbocycles. The van der Waals surface area contributed by atoms with Crippen LogP contribution in [0.3, 0.4) is 0 Å². The number of piperidine rings is 1. The van der Waals surface area contributed by atoms with Gasteiger partial charge in [0.2, 0.25) is 0 Å². The first kappa shape index (κ1) is 11.4. The van der Waals surface area contributed by atoms with Gasteiger partial charge in [-0.15, -0.1) is 0 Å². The van der Waals surface area contributed by atoms with E-state index >= 15 is 0 Å². The van der Waals surface area contributed by atoms with Gasteiger partial charge in [-0.3, -0.25) is 4.98 Å². The van der Waals surface area contributed by atoms with Crippen LogP contribution in [0.15, 0.2) is 18.5 Å². The summed E-state index contributed by atoms with van der Waals surface area (Å²) >= 11 is 0. The molecule has 16 heavy (non-hydrogen) atoms. The lowest BCUT2D eigenvalue weighted by Gasteiger charge is -2.32. The van der Waals surface area contributed by atoms with Crippen LogP contribution in [-0.4, -0.2) is 35.6 Å². The molecule has 0 spiro atoms. The van der Waals surface area contributed by atoms with Gasteiger partial charge in [0.05, 0.1) is 11.9 Å². The third-order valence-electron chi connectivity index (χ3n) is 3.43. The molecule has 1 aliphatic rings. The molecular weight excluding hydrogens is 198 g/mol. The molecule has 1 aromatic heterocycles. The molecule has 0 amide bonds. The predicted molar refractivity (Wildman–Crippen MR) is 67.7 cm³/mol. The van der Waals surface area contributed by atoms with E-state index in [4.69, 9.17) is 0 Å². The Kier molecular flexibility index (Phi) is 3.78. The molecule has 1 saturated heterocycles. The quantitative estimate of drug-likeness (QED) is 0.845. The van der Waals surface area contributed by atoms with Crippen LogP contribution in [0.2, 0.25) is 0 Å². The first-order chi connectivity index (χ1) is 7.79. The smallest absolute Gasteiger partial charge is 0.0558 e. The van der Waals surface area contributed by atoms with Crippen LogP contribution in [0.4, 0.5) is 5.69 Å². The molecule has 2 heterocycles. The summed E-state index contributed by atoms with van der Waals surface area (Å²) in [6.45, 7) is 7.98. The zero-order valence-corrected chi connectivity index (χ0v) is 10.2. The molecule has 1 fully saturated rings. The van der Waals surface area contributed by atoms with Crippen molar-refractivity contribution >= 4 is 5.69 Å². The summed E-state index contributed by atoms with van der Waals surface area (Å²) in [5.41, 5.74) is 2.48. The van der Waals surface area contributed by atoms with Gasteiger partial charge in [-0.2, -0.15) is 0 Å². The fraction of sp³-hybridized carbons (Fsp3) is 0.615. The van der Waals surface area contributed by atoms with E-state index in [0.717, 1.165) is 0 Å². The van der Waals surface area contributed by atoms with Crippen molar-refractivity contribution in [1.29, 1.82) is 0 Å². The van der Waals surface area contributed by atoms with Gasteiger partial charge in [0.15, 0.2) is 0 Å². The highest BCUT2D eigenvalue weighted by atomic mass is 15.1. The SMILES string of the molecule is CCN1CCC(Nc2cnccc2C)CC1. The molecular formula is C13H21N3. The van der Waals surface area contributed by atoms with Crippen molar-refractivity contribution in [3.05, 3.63) is 24.0 Å². The van der Waals surface area contributed by atoms with Crippen molar-refractivity contribution in [3.63, 3.8) is 0 Å². The Labute approximate surface area is 97.9 Å². The summed E-state index contributed by atoms with van der Waals surface area (Å²) in [5, 5.41) is 3.60. The number of anilines is 1. The lowest BCUT2D eigenvalue weighted by atomic mass is 10.0. The molecule has 3 nitrogen and oxygen atoms in total. The highest BCUT2D eigenvalue weighted by molar-refractivity contribution is 5.48. The molecule has 1 N–H and O–H groups in total. The van der Waals surface area contributed by atoms with Crippen LogP contribution in [0.1, 0.15) is 25.3 Å². The number of nitrogens with one attached hydrogen (secondary N) is 1. The number of likely N-dealkylation sites (tertiary alicyclic amines) is 1. The second-order valence-corrected chi connectivity index (χ2v) is 4.54. The Morgan fingerprint density at radius 1 is 1.44 bits per heavy atom. The molecule has 0 bridgehead atoms. The molecule has 0 unspecified atom stereocenters. The Morgan fingerprint density at radius 2 is 2.19 bits per heavy atom. The number of nitrogens with zero attached hydrogens (tertiary/aromatic N) is 2.